The number of rotatable bonds is 7. The molecule has 3 aromatic carbocycles. The van der Waals surface area contributed by atoms with Gasteiger partial charge in [-0.1, -0.05) is 66.2 Å². The van der Waals surface area contributed by atoms with Gasteiger partial charge in [0.05, 0.1) is 10.7 Å². The van der Waals surface area contributed by atoms with Gasteiger partial charge in [0.1, 0.15) is 5.65 Å². The van der Waals surface area contributed by atoms with E-state index >= 15 is 0 Å². The van der Waals surface area contributed by atoms with Crippen LogP contribution in [0.5, 0.6) is 0 Å². The minimum atomic E-state index is -0.0228. The number of likely N-dealkylation sites (tertiary alicyclic amines) is 1. The number of piperazine rings is 1. The van der Waals surface area contributed by atoms with Crippen molar-refractivity contribution >= 4 is 34.2 Å². The van der Waals surface area contributed by atoms with Gasteiger partial charge in [0.15, 0.2) is 0 Å². The second-order valence-corrected chi connectivity index (χ2v) is 13.1. The molecule has 1 N–H and O–H groups in total. The van der Waals surface area contributed by atoms with Crippen molar-refractivity contribution < 1.29 is 4.79 Å². The van der Waals surface area contributed by atoms with Crippen LogP contribution >= 0.6 is 11.6 Å². The maximum absolute atomic E-state index is 13.3. The molecule has 236 valence electrons. The van der Waals surface area contributed by atoms with E-state index in [1.165, 1.54) is 11.3 Å². The number of hydrogen-bond acceptors (Lipinski definition) is 5. The first-order valence-corrected chi connectivity index (χ1v) is 16.7. The Balaban J connectivity index is 1.10. The fourth-order valence-corrected chi connectivity index (χ4v) is 7.19. The third-order valence-corrected chi connectivity index (χ3v) is 9.95. The number of hydrogen-bond donors (Lipinski definition) is 1. The van der Waals surface area contributed by atoms with Crippen molar-refractivity contribution in [1.82, 2.24) is 24.7 Å². The number of aromatic nitrogens is 2. The van der Waals surface area contributed by atoms with Crippen molar-refractivity contribution in [3.05, 3.63) is 107 Å². The molecule has 0 bridgehead atoms. The van der Waals surface area contributed by atoms with Crippen LogP contribution in [-0.4, -0.2) is 77.6 Å². The highest BCUT2D eigenvalue weighted by atomic mass is 35.5. The highest BCUT2D eigenvalue weighted by molar-refractivity contribution is 6.37. The number of fused-ring (bicyclic) bond motifs is 1. The lowest BCUT2D eigenvalue weighted by molar-refractivity contribution is 0.0909. The third kappa shape index (κ3) is 6.27. The molecular weight excluding hydrogens is 592 g/mol. The van der Waals surface area contributed by atoms with Crippen molar-refractivity contribution in [1.29, 1.82) is 0 Å². The molecule has 7 rings (SSSR count). The number of piperidine rings is 1. The predicted octanol–water partition coefficient (Wildman–Crippen LogP) is 6.71. The average Bonchev–Trinajstić information content (AvgIpc) is 3.39. The van der Waals surface area contributed by atoms with E-state index in [0.717, 1.165) is 92.1 Å². The van der Waals surface area contributed by atoms with Crippen LogP contribution in [0.3, 0.4) is 0 Å². The number of nitrogens with zero attached hydrogens (tertiary/aromatic N) is 5. The first-order chi connectivity index (χ1) is 22.4. The van der Waals surface area contributed by atoms with Gasteiger partial charge in [-0.05, 0) is 66.9 Å². The summed E-state index contributed by atoms with van der Waals surface area (Å²) in [6, 6.07) is 29.4. The Morgan fingerprint density at radius 2 is 1.50 bits per heavy atom. The highest BCUT2D eigenvalue weighted by Gasteiger charge is 2.24. The molecule has 2 aliphatic rings. The van der Waals surface area contributed by atoms with Gasteiger partial charge in [-0.25, -0.2) is 4.98 Å². The van der Waals surface area contributed by atoms with Crippen LogP contribution in [0.4, 0.5) is 5.69 Å². The number of carbonyl (C=O) groups is 1. The number of carbonyl (C=O) groups excluding carboxylic acids is 1. The summed E-state index contributed by atoms with van der Waals surface area (Å²) >= 11 is 6.84. The van der Waals surface area contributed by atoms with Gasteiger partial charge < -0.3 is 19.7 Å². The Morgan fingerprint density at radius 3 is 2.20 bits per heavy atom. The summed E-state index contributed by atoms with van der Waals surface area (Å²) < 4.78 is 2.13. The normalized spacial score (nSPS) is 16.6. The van der Waals surface area contributed by atoms with Crippen molar-refractivity contribution in [3.63, 3.8) is 0 Å². The Bertz CT molecular complexity index is 1800. The summed E-state index contributed by atoms with van der Waals surface area (Å²) in [4.78, 5) is 25.3. The molecule has 0 spiro atoms. The Labute approximate surface area is 276 Å². The molecule has 2 aliphatic heterocycles. The third-order valence-electron chi connectivity index (χ3n) is 9.64. The lowest BCUT2D eigenvalue weighted by atomic mass is 9.97. The van der Waals surface area contributed by atoms with E-state index in [4.69, 9.17) is 16.6 Å². The van der Waals surface area contributed by atoms with Gasteiger partial charge in [-0.3, -0.25) is 9.69 Å². The van der Waals surface area contributed by atoms with Crippen molar-refractivity contribution in [3.8, 4) is 22.4 Å². The number of nitrogens with one attached hydrogen (secondary N) is 1. The fourth-order valence-electron chi connectivity index (χ4n) is 6.95. The van der Waals surface area contributed by atoms with Crippen molar-refractivity contribution in [2.24, 2.45) is 7.05 Å². The Kier molecular flexibility index (Phi) is 8.80. The smallest absolute Gasteiger partial charge is 0.251 e. The second kappa shape index (κ2) is 13.3. The summed E-state index contributed by atoms with van der Waals surface area (Å²) in [5.41, 5.74) is 8.26. The molecule has 2 saturated heterocycles. The van der Waals surface area contributed by atoms with E-state index in [9.17, 15) is 4.79 Å². The lowest BCUT2D eigenvalue weighted by Gasteiger charge is -2.34. The molecule has 0 unspecified atom stereocenters. The summed E-state index contributed by atoms with van der Waals surface area (Å²) in [6.45, 7) is 7.12. The SMILES string of the molecule is CN1CCN(c2ccc(-c3c(-c4ccc(C(=O)NC5CCN(Cc6ccccc6)CC5)cc4)c4c(Cl)ccnc4n3C)cc2)CC1. The molecule has 7 nitrogen and oxygen atoms in total. The number of benzene rings is 3. The zero-order valence-electron chi connectivity index (χ0n) is 26.6. The minimum absolute atomic E-state index is 0.0228. The van der Waals surface area contributed by atoms with E-state index in [1.54, 1.807) is 6.20 Å². The van der Waals surface area contributed by atoms with Gasteiger partial charge >= 0.3 is 0 Å². The molecular formula is C38H41ClN6O. The topological polar surface area (TPSA) is 56.6 Å². The zero-order chi connectivity index (χ0) is 31.6. The first kappa shape index (κ1) is 30.5. The highest BCUT2D eigenvalue weighted by Crippen LogP contribution is 2.43. The van der Waals surface area contributed by atoms with Crippen LogP contribution in [0.1, 0.15) is 28.8 Å². The molecule has 0 atom stereocenters. The summed E-state index contributed by atoms with van der Waals surface area (Å²) in [6.07, 6.45) is 3.67. The summed E-state index contributed by atoms with van der Waals surface area (Å²) in [7, 11) is 4.23. The molecule has 4 heterocycles. The summed E-state index contributed by atoms with van der Waals surface area (Å²) in [5, 5.41) is 4.87. The van der Waals surface area contributed by atoms with Crippen molar-refractivity contribution in [2.75, 3.05) is 51.2 Å². The maximum atomic E-state index is 13.3. The van der Waals surface area contributed by atoms with E-state index in [2.05, 4.69) is 86.2 Å². The number of aryl methyl sites for hydroxylation is 1. The lowest BCUT2D eigenvalue weighted by Crippen LogP contribution is -2.44. The van der Waals surface area contributed by atoms with Crippen LogP contribution < -0.4 is 10.2 Å². The monoisotopic (exact) mass is 632 g/mol. The molecule has 2 fully saturated rings. The second-order valence-electron chi connectivity index (χ2n) is 12.7. The molecule has 0 radical (unpaired) electrons. The predicted molar refractivity (Wildman–Crippen MR) is 189 cm³/mol. The van der Waals surface area contributed by atoms with Gasteiger partial charge in [0.2, 0.25) is 0 Å². The molecule has 5 aromatic rings. The summed E-state index contributed by atoms with van der Waals surface area (Å²) in [5.74, 6) is -0.0228. The molecule has 2 aromatic heterocycles. The molecule has 1 amide bonds. The first-order valence-electron chi connectivity index (χ1n) is 16.3. The van der Waals surface area contributed by atoms with Gasteiger partial charge in [-0.15, -0.1) is 0 Å². The molecule has 8 heteroatoms. The largest absolute Gasteiger partial charge is 0.369 e. The zero-order valence-corrected chi connectivity index (χ0v) is 27.4. The van der Waals surface area contributed by atoms with E-state index < -0.39 is 0 Å². The van der Waals surface area contributed by atoms with E-state index in [-0.39, 0.29) is 11.9 Å². The van der Waals surface area contributed by atoms with E-state index in [1.807, 2.05) is 37.4 Å². The van der Waals surface area contributed by atoms with E-state index in [0.29, 0.717) is 10.6 Å². The van der Waals surface area contributed by atoms with Gasteiger partial charge in [0, 0.05) is 87.3 Å². The number of halogens is 1. The average molecular weight is 633 g/mol. The van der Waals surface area contributed by atoms with Crippen LogP contribution in [0.25, 0.3) is 33.4 Å². The number of pyridine rings is 1. The Morgan fingerprint density at radius 1 is 0.826 bits per heavy atom. The number of likely N-dealkylation sites (N-methyl/N-ethyl adjacent to an activating group) is 1. The fraction of sp³-hybridized carbons (Fsp3) is 0.316. The van der Waals surface area contributed by atoms with Gasteiger partial charge in [0.25, 0.3) is 5.91 Å². The minimum Gasteiger partial charge on any atom is -0.369 e. The van der Waals surface area contributed by atoms with Crippen LogP contribution in [0, 0.1) is 0 Å². The Hall–Kier alpha value is -4.17. The van der Waals surface area contributed by atoms with Crippen molar-refractivity contribution in [2.45, 2.75) is 25.4 Å². The van der Waals surface area contributed by atoms with Gasteiger partial charge in [-0.2, -0.15) is 0 Å². The standard InChI is InChI=1S/C38H41ClN6O/c1-42-22-24-45(25-23-42)32-14-12-29(13-15-32)36-34(35-33(39)16-19-40-37(35)43(36)2)28-8-10-30(11-9-28)38(46)41-31-17-20-44(21-18-31)26-27-6-4-3-5-7-27/h3-16,19,31H,17-18,20-26H2,1-2H3,(H,41,46). The van der Waals surface area contributed by atoms with Crippen LogP contribution in [0.2, 0.25) is 5.02 Å². The van der Waals surface area contributed by atoms with Crippen LogP contribution in [-0.2, 0) is 13.6 Å². The molecule has 0 saturated carbocycles. The number of anilines is 1. The maximum Gasteiger partial charge on any atom is 0.251 e. The molecule has 0 aliphatic carbocycles. The number of amides is 1. The van der Waals surface area contributed by atoms with Crippen LogP contribution in [0.15, 0.2) is 91.1 Å². The molecule has 46 heavy (non-hydrogen) atoms. The quantitative estimate of drug-likeness (QED) is 0.216.